The highest BCUT2D eigenvalue weighted by molar-refractivity contribution is 14.0. The molecule has 0 aliphatic rings. The standard InChI is InChI=1S/C22H32N4O4S.HI/c1-5-14-29-19-8-10-20(11-9-19)30-21-18(7-6-13-24-21)16-25-22(23-3)26-17(2)12-15-31(4,27)28;/h6-11,13,17H,5,12,14-16H2,1-4H3,(H2,23,25,26);1H. The van der Waals surface area contributed by atoms with Crippen LogP contribution in [0.15, 0.2) is 47.6 Å². The van der Waals surface area contributed by atoms with Gasteiger partial charge in [-0.25, -0.2) is 13.4 Å². The maximum absolute atomic E-state index is 11.4. The van der Waals surface area contributed by atoms with Crippen LogP contribution in [0.4, 0.5) is 0 Å². The van der Waals surface area contributed by atoms with Gasteiger partial charge in [-0.3, -0.25) is 4.99 Å². The second-order valence-corrected chi connectivity index (χ2v) is 9.54. The molecule has 0 aliphatic carbocycles. The van der Waals surface area contributed by atoms with Crippen LogP contribution in [0, 0.1) is 0 Å². The molecule has 0 bridgehead atoms. The minimum Gasteiger partial charge on any atom is -0.494 e. The number of sulfone groups is 1. The Morgan fingerprint density at radius 1 is 1.19 bits per heavy atom. The zero-order valence-electron chi connectivity index (χ0n) is 19.0. The third-order valence-corrected chi connectivity index (χ3v) is 5.31. The summed E-state index contributed by atoms with van der Waals surface area (Å²) in [6, 6.07) is 11.2. The number of guanidine groups is 1. The molecule has 1 aromatic carbocycles. The number of ether oxygens (including phenoxy) is 2. The zero-order chi connectivity index (χ0) is 22.7. The molecule has 8 nitrogen and oxygen atoms in total. The van der Waals surface area contributed by atoms with E-state index in [-0.39, 0.29) is 35.8 Å². The van der Waals surface area contributed by atoms with Crippen LogP contribution in [0.1, 0.15) is 32.3 Å². The summed E-state index contributed by atoms with van der Waals surface area (Å²) in [5.74, 6) is 2.67. The quantitative estimate of drug-likeness (QED) is 0.239. The number of aliphatic imine (C=N–C) groups is 1. The summed E-state index contributed by atoms with van der Waals surface area (Å²) >= 11 is 0. The molecule has 0 fully saturated rings. The number of hydrogen-bond donors (Lipinski definition) is 2. The Morgan fingerprint density at radius 2 is 1.88 bits per heavy atom. The third-order valence-electron chi connectivity index (χ3n) is 4.34. The van der Waals surface area contributed by atoms with Gasteiger partial charge >= 0.3 is 0 Å². The van der Waals surface area contributed by atoms with Gasteiger partial charge in [0, 0.05) is 37.7 Å². The fourth-order valence-electron chi connectivity index (χ4n) is 2.66. The van der Waals surface area contributed by atoms with E-state index in [9.17, 15) is 8.42 Å². The van der Waals surface area contributed by atoms with Gasteiger partial charge in [0.1, 0.15) is 21.3 Å². The van der Waals surface area contributed by atoms with Crippen molar-refractivity contribution >= 4 is 39.8 Å². The van der Waals surface area contributed by atoms with Gasteiger partial charge in [0.05, 0.1) is 12.4 Å². The minimum absolute atomic E-state index is 0. The molecule has 0 spiro atoms. The summed E-state index contributed by atoms with van der Waals surface area (Å²) in [5.41, 5.74) is 0.862. The smallest absolute Gasteiger partial charge is 0.224 e. The van der Waals surface area contributed by atoms with Crippen molar-refractivity contribution in [3.63, 3.8) is 0 Å². The Balaban J connectivity index is 0.00000512. The molecule has 0 saturated heterocycles. The molecule has 178 valence electrons. The average molecular weight is 577 g/mol. The summed E-state index contributed by atoms with van der Waals surface area (Å²) in [6.45, 7) is 5.11. The van der Waals surface area contributed by atoms with Crippen LogP contribution in [-0.4, -0.2) is 51.1 Å². The van der Waals surface area contributed by atoms with Crippen LogP contribution >= 0.6 is 24.0 Å². The number of hydrogen-bond acceptors (Lipinski definition) is 6. The van der Waals surface area contributed by atoms with E-state index in [0.717, 1.165) is 17.7 Å². The van der Waals surface area contributed by atoms with Crippen molar-refractivity contribution < 1.29 is 17.9 Å². The molecule has 32 heavy (non-hydrogen) atoms. The molecule has 1 unspecified atom stereocenters. The summed E-state index contributed by atoms with van der Waals surface area (Å²) in [4.78, 5) is 8.55. The van der Waals surface area contributed by atoms with Gasteiger partial charge in [-0.05, 0) is 50.1 Å². The first-order valence-electron chi connectivity index (χ1n) is 10.3. The van der Waals surface area contributed by atoms with E-state index >= 15 is 0 Å². The van der Waals surface area contributed by atoms with Crippen LogP contribution < -0.4 is 20.1 Å². The monoisotopic (exact) mass is 576 g/mol. The summed E-state index contributed by atoms with van der Waals surface area (Å²) in [5, 5.41) is 6.42. The van der Waals surface area contributed by atoms with Crippen molar-refractivity contribution in [1.82, 2.24) is 15.6 Å². The summed E-state index contributed by atoms with van der Waals surface area (Å²) < 4.78 is 34.3. The molecular weight excluding hydrogens is 543 g/mol. The van der Waals surface area contributed by atoms with E-state index in [1.54, 1.807) is 13.2 Å². The second-order valence-electron chi connectivity index (χ2n) is 7.28. The Hall–Kier alpha value is -2.08. The molecule has 0 amide bonds. The lowest BCUT2D eigenvalue weighted by atomic mass is 10.2. The molecule has 2 aromatic rings. The SMILES string of the molecule is CCCOc1ccc(Oc2ncccc2CNC(=NC)NC(C)CCS(C)(=O)=O)cc1.I. The van der Waals surface area contributed by atoms with Crippen LogP contribution in [0.2, 0.25) is 0 Å². The minimum atomic E-state index is -2.99. The largest absolute Gasteiger partial charge is 0.494 e. The lowest BCUT2D eigenvalue weighted by Crippen LogP contribution is -2.42. The molecule has 0 saturated carbocycles. The van der Waals surface area contributed by atoms with Crippen molar-refractivity contribution in [2.45, 2.75) is 39.3 Å². The number of aromatic nitrogens is 1. The first-order valence-corrected chi connectivity index (χ1v) is 12.4. The fourth-order valence-corrected chi connectivity index (χ4v) is 3.44. The van der Waals surface area contributed by atoms with E-state index in [0.29, 0.717) is 37.2 Å². The van der Waals surface area contributed by atoms with Gasteiger partial charge < -0.3 is 20.1 Å². The van der Waals surface area contributed by atoms with Crippen molar-refractivity contribution in [3.05, 3.63) is 48.2 Å². The fraction of sp³-hybridized carbons (Fsp3) is 0.455. The Morgan fingerprint density at radius 3 is 2.50 bits per heavy atom. The van der Waals surface area contributed by atoms with E-state index in [4.69, 9.17) is 9.47 Å². The van der Waals surface area contributed by atoms with Crippen LogP contribution in [0.25, 0.3) is 0 Å². The van der Waals surface area contributed by atoms with Crippen molar-refractivity contribution in [2.75, 3.05) is 25.7 Å². The lowest BCUT2D eigenvalue weighted by molar-refractivity contribution is 0.317. The van der Waals surface area contributed by atoms with Crippen LogP contribution in [0.3, 0.4) is 0 Å². The summed E-state index contributed by atoms with van der Waals surface area (Å²) in [7, 11) is -1.32. The van der Waals surface area contributed by atoms with Crippen molar-refractivity contribution in [2.24, 2.45) is 4.99 Å². The molecule has 2 rings (SSSR count). The third kappa shape index (κ3) is 10.5. The zero-order valence-corrected chi connectivity index (χ0v) is 22.1. The number of rotatable bonds is 11. The van der Waals surface area contributed by atoms with Crippen LogP contribution in [-0.2, 0) is 16.4 Å². The van der Waals surface area contributed by atoms with Gasteiger partial charge in [-0.15, -0.1) is 24.0 Å². The molecule has 2 N–H and O–H groups in total. The van der Waals surface area contributed by atoms with Gasteiger partial charge in [-0.2, -0.15) is 0 Å². The Bertz CT molecular complexity index is 953. The second kappa shape index (κ2) is 14.1. The van der Waals surface area contributed by atoms with Crippen molar-refractivity contribution in [3.8, 4) is 17.4 Å². The normalized spacial score (nSPS) is 12.4. The highest BCUT2D eigenvalue weighted by Crippen LogP contribution is 2.25. The van der Waals surface area contributed by atoms with Gasteiger partial charge in [-0.1, -0.05) is 13.0 Å². The number of pyridine rings is 1. The molecule has 0 aliphatic heterocycles. The molecule has 1 heterocycles. The number of nitrogens with zero attached hydrogens (tertiary/aromatic N) is 2. The molecular formula is C22H33IN4O4S. The summed E-state index contributed by atoms with van der Waals surface area (Å²) in [6.07, 6.45) is 4.37. The van der Waals surface area contributed by atoms with Crippen molar-refractivity contribution in [1.29, 1.82) is 0 Å². The van der Waals surface area contributed by atoms with E-state index < -0.39 is 9.84 Å². The molecule has 1 aromatic heterocycles. The maximum atomic E-state index is 11.4. The average Bonchev–Trinajstić information content (AvgIpc) is 2.75. The lowest BCUT2D eigenvalue weighted by Gasteiger charge is -2.18. The highest BCUT2D eigenvalue weighted by Gasteiger charge is 2.11. The molecule has 1 atom stereocenters. The number of halogens is 1. The first kappa shape index (κ1) is 28.0. The van der Waals surface area contributed by atoms with E-state index in [1.807, 2.05) is 43.3 Å². The predicted octanol–water partition coefficient (Wildman–Crippen LogP) is 3.77. The Kier molecular flexibility index (Phi) is 12.4. The molecule has 0 radical (unpaired) electrons. The topological polar surface area (TPSA) is 102 Å². The number of benzene rings is 1. The van der Waals surface area contributed by atoms with Gasteiger partial charge in [0.25, 0.3) is 0 Å². The maximum Gasteiger partial charge on any atom is 0.224 e. The van der Waals surface area contributed by atoms with Crippen LogP contribution in [0.5, 0.6) is 17.4 Å². The first-order chi connectivity index (χ1) is 14.8. The molecule has 10 heteroatoms. The van der Waals surface area contributed by atoms with Gasteiger partial charge in [0.2, 0.25) is 5.88 Å². The Labute approximate surface area is 208 Å². The van der Waals surface area contributed by atoms with Gasteiger partial charge in [0.15, 0.2) is 5.96 Å². The van der Waals surface area contributed by atoms with E-state index in [1.165, 1.54) is 6.26 Å². The van der Waals surface area contributed by atoms with E-state index in [2.05, 4.69) is 27.5 Å². The number of nitrogens with one attached hydrogen (secondary N) is 2. The highest BCUT2D eigenvalue weighted by atomic mass is 127. The predicted molar refractivity (Wildman–Crippen MR) is 139 cm³/mol.